The van der Waals surface area contributed by atoms with E-state index in [9.17, 15) is 14.7 Å². The maximum absolute atomic E-state index is 12.7. The van der Waals surface area contributed by atoms with Crippen molar-refractivity contribution in [3.8, 4) is 5.75 Å². The number of carbonyl (C=O) groups is 2. The summed E-state index contributed by atoms with van der Waals surface area (Å²) in [5, 5.41) is 12.0. The van der Waals surface area contributed by atoms with Crippen LogP contribution in [0.4, 0.5) is 0 Å². The van der Waals surface area contributed by atoms with Crippen LogP contribution in [-0.2, 0) is 16.1 Å². The van der Waals surface area contributed by atoms with Gasteiger partial charge in [0.05, 0.1) is 20.5 Å². The van der Waals surface area contributed by atoms with E-state index >= 15 is 0 Å². The van der Waals surface area contributed by atoms with Crippen molar-refractivity contribution in [2.24, 2.45) is 4.99 Å². The molecule has 0 radical (unpaired) electrons. The molecule has 0 saturated heterocycles. The maximum atomic E-state index is 12.7. The highest BCUT2D eigenvalue weighted by Crippen LogP contribution is 2.41. The van der Waals surface area contributed by atoms with Gasteiger partial charge < -0.3 is 14.6 Å². The highest BCUT2D eigenvalue weighted by atomic mass is 79.9. The molecule has 3 aromatic carbocycles. The molecule has 3 aromatic rings. The topological polar surface area (TPSA) is 85.2 Å². The molecule has 39 heavy (non-hydrogen) atoms. The third kappa shape index (κ3) is 7.15. The van der Waals surface area contributed by atoms with Gasteiger partial charge in [-0.15, -0.1) is 0 Å². The Morgan fingerprint density at radius 2 is 1.74 bits per heavy atom. The molecule has 0 unspecified atom stereocenters. The molecule has 1 heterocycles. The Balaban J connectivity index is 1.62. The summed E-state index contributed by atoms with van der Waals surface area (Å²) < 4.78 is 12.4. The van der Waals surface area contributed by atoms with Crippen molar-refractivity contribution >= 4 is 89.8 Å². The summed E-state index contributed by atoms with van der Waals surface area (Å²) in [7, 11) is 0. The quantitative estimate of drug-likeness (QED) is 0.247. The smallest absolute Gasteiger partial charge is 0.344 e. The van der Waals surface area contributed by atoms with Crippen LogP contribution < -0.4 is 4.74 Å². The van der Waals surface area contributed by atoms with Crippen molar-refractivity contribution in [3.63, 3.8) is 0 Å². The Kier molecular flexibility index (Phi) is 9.96. The molecular formula is C28H19Br2Cl2NO5S. The first-order valence-corrected chi connectivity index (χ1v) is 14.6. The minimum atomic E-state index is -0.766. The lowest BCUT2D eigenvalue weighted by molar-refractivity contribution is -0.138. The first-order chi connectivity index (χ1) is 18.7. The zero-order valence-corrected chi connectivity index (χ0v) is 25.7. The van der Waals surface area contributed by atoms with E-state index in [2.05, 4.69) is 36.9 Å². The Hall–Kier alpha value is -2.56. The highest BCUT2D eigenvalue weighted by Gasteiger charge is 2.34. The van der Waals surface area contributed by atoms with Gasteiger partial charge in [-0.05, 0) is 86.8 Å². The van der Waals surface area contributed by atoms with Crippen LogP contribution in [0.5, 0.6) is 5.75 Å². The molecule has 1 N–H and O–H groups in total. The van der Waals surface area contributed by atoms with E-state index in [1.54, 1.807) is 73.7 Å². The van der Waals surface area contributed by atoms with Gasteiger partial charge >= 0.3 is 5.97 Å². The van der Waals surface area contributed by atoms with Gasteiger partial charge in [-0.3, -0.25) is 4.79 Å². The number of nitrogens with zero attached hydrogens (tertiary/aromatic N) is 1. The Bertz CT molecular complexity index is 1520. The van der Waals surface area contributed by atoms with E-state index in [0.717, 1.165) is 17.3 Å². The average Bonchev–Trinajstić information content (AvgIpc) is 3.19. The fourth-order valence-corrected chi connectivity index (χ4v) is 6.40. The van der Waals surface area contributed by atoms with Crippen LogP contribution in [0.25, 0.3) is 6.08 Å². The van der Waals surface area contributed by atoms with Crippen molar-refractivity contribution in [3.05, 3.63) is 113 Å². The van der Waals surface area contributed by atoms with Gasteiger partial charge in [0.25, 0.3) is 5.91 Å². The van der Waals surface area contributed by atoms with Crippen LogP contribution in [0.3, 0.4) is 0 Å². The molecule has 6 nitrogen and oxygen atoms in total. The predicted octanol–water partition coefficient (Wildman–Crippen LogP) is 8.80. The summed E-state index contributed by atoms with van der Waals surface area (Å²) in [5.74, 6) is -1.08. The summed E-state index contributed by atoms with van der Waals surface area (Å²) >= 11 is 20.3. The number of esters is 1. The number of aliphatic hydroxyl groups excluding tert-OH is 1. The first kappa shape index (κ1) is 29.4. The van der Waals surface area contributed by atoms with Crippen molar-refractivity contribution in [1.82, 2.24) is 0 Å². The summed E-state index contributed by atoms with van der Waals surface area (Å²) in [6.07, 6.45) is 1.67. The van der Waals surface area contributed by atoms with Crippen LogP contribution in [0.2, 0.25) is 10.0 Å². The molecule has 0 atom stereocenters. The molecule has 4 rings (SSSR count). The molecule has 0 fully saturated rings. The lowest BCUT2D eigenvalue weighted by Crippen LogP contribution is -2.14. The van der Waals surface area contributed by atoms with Crippen LogP contribution >= 0.6 is 66.8 Å². The monoisotopic (exact) mass is 709 g/mol. The molecule has 1 aliphatic rings. The summed E-state index contributed by atoms with van der Waals surface area (Å²) in [6.45, 7) is 1.97. The number of hydrogen-bond donors (Lipinski definition) is 1. The summed E-state index contributed by atoms with van der Waals surface area (Å²) in [6, 6.07) is 17.2. The number of aliphatic imine (C=N–C) groups is 1. The largest absolute Gasteiger partial charge is 0.506 e. The number of thioether (sulfide) groups is 1. The van der Waals surface area contributed by atoms with Crippen molar-refractivity contribution in [2.75, 3.05) is 6.61 Å². The number of amides is 1. The van der Waals surface area contributed by atoms with Crippen LogP contribution in [0.1, 0.15) is 28.4 Å². The van der Waals surface area contributed by atoms with E-state index in [0.29, 0.717) is 40.8 Å². The van der Waals surface area contributed by atoms with Gasteiger partial charge in [0.2, 0.25) is 0 Å². The van der Waals surface area contributed by atoms with Gasteiger partial charge in [-0.1, -0.05) is 59.2 Å². The van der Waals surface area contributed by atoms with E-state index in [1.807, 2.05) is 0 Å². The SMILES string of the molecule is CCOC(=O)C1=C(O)/C(=C/c2cc(Br)c(OCc3ccc(Cl)cc3Cl)c(Br)c2)SC1=NC(=O)c1ccccc1. The van der Waals surface area contributed by atoms with E-state index in [4.69, 9.17) is 32.7 Å². The van der Waals surface area contributed by atoms with Crippen LogP contribution in [-0.4, -0.2) is 28.6 Å². The van der Waals surface area contributed by atoms with Crippen molar-refractivity contribution in [2.45, 2.75) is 13.5 Å². The Morgan fingerprint density at radius 1 is 1.05 bits per heavy atom. The molecule has 0 bridgehead atoms. The Labute approximate surface area is 256 Å². The summed E-state index contributed by atoms with van der Waals surface area (Å²) in [5.41, 5.74) is 1.65. The number of carbonyl (C=O) groups excluding carboxylic acids is 2. The second kappa shape index (κ2) is 13.2. The van der Waals surface area contributed by atoms with E-state index in [-0.39, 0.29) is 29.6 Å². The third-order valence-corrected chi connectivity index (χ3v) is 8.08. The number of aliphatic hydroxyl groups is 1. The van der Waals surface area contributed by atoms with Gasteiger partial charge in [0.1, 0.15) is 28.7 Å². The van der Waals surface area contributed by atoms with Gasteiger partial charge in [-0.25, -0.2) is 9.79 Å². The molecule has 0 aliphatic carbocycles. The lowest BCUT2D eigenvalue weighted by atomic mass is 10.1. The third-order valence-electron chi connectivity index (χ3n) is 5.30. The predicted molar refractivity (Wildman–Crippen MR) is 163 cm³/mol. The molecule has 0 spiro atoms. The maximum Gasteiger partial charge on any atom is 0.344 e. The summed E-state index contributed by atoms with van der Waals surface area (Å²) in [4.78, 5) is 29.8. The molecule has 0 aromatic heterocycles. The normalized spacial score (nSPS) is 15.2. The number of ether oxygens (including phenoxy) is 2. The molecule has 11 heteroatoms. The lowest BCUT2D eigenvalue weighted by Gasteiger charge is -2.12. The number of rotatable bonds is 7. The fraction of sp³-hybridized carbons (Fsp3) is 0.107. The second-order valence-electron chi connectivity index (χ2n) is 7.98. The minimum absolute atomic E-state index is 0.0592. The van der Waals surface area contributed by atoms with E-state index in [1.165, 1.54) is 0 Å². The molecule has 1 amide bonds. The molecule has 200 valence electrons. The number of halogens is 4. The Morgan fingerprint density at radius 3 is 2.38 bits per heavy atom. The minimum Gasteiger partial charge on any atom is -0.506 e. The van der Waals surface area contributed by atoms with Crippen molar-refractivity contribution in [1.29, 1.82) is 0 Å². The number of hydrogen-bond acceptors (Lipinski definition) is 6. The molecular weight excluding hydrogens is 693 g/mol. The standard InChI is InChI=1S/C28H19Br2Cl2NO5S/c1-2-37-28(36)23-24(34)22(39-27(23)33-26(35)16-6-4-3-5-7-16)12-15-10-19(29)25(20(30)11-15)38-14-17-8-9-18(31)13-21(17)32/h3-13,34H,2,14H2,1H3/b22-12-,33-27?. The second-order valence-corrected chi connectivity index (χ2v) is 11.6. The van der Waals surface area contributed by atoms with Gasteiger partial charge in [-0.2, -0.15) is 0 Å². The molecule has 1 aliphatic heterocycles. The zero-order valence-electron chi connectivity index (χ0n) is 20.2. The average molecular weight is 712 g/mol. The van der Waals surface area contributed by atoms with Gasteiger partial charge in [0, 0.05) is 21.2 Å². The van der Waals surface area contributed by atoms with Gasteiger partial charge in [0.15, 0.2) is 0 Å². The van der Waals surface area contributed by atoms with Crippen LogP contribution in [0, 0.1) is 0 Å². The molecule has 0 saturated carbocycles. The highest BCUT2D eigenvalue weighted by molar-refractivity contribution is 9.11. The van der Waals surface area contributed by atoms with Crippen molar-refractivity contribution < 1.29 is 24.2 Å². The first-order valence-electron chi connectivity index (χ1n) is 11.4. The fourth-order valence-electron chi connectivity index (χ4n) is 3.47. The van der Waals surface area contributed by atoms with E-state index < -0.39 is 11.9 Å². The van der Waals surface area contributed by atoms with Crippen LogP contribution in [0.15, 0.2) is 90.8 Å². The number of benzene rings is 3. The zero-order chi connectivity index (χ0) is 28.1.